The first kappa shape index (κ1) is 12.3. The molecule has 3 heteroatoms. The van der Waals surface area contributed by atoms with Gasteiger partial charge in [-0.25, -0.2) is 5.01 Å². The van der Waals surface area contributed by atoms with Crippen LogP contribution in [0.15, 0.2) is 0 Å². The maximum atomic E-state index is 5.94. The quantitative estimate of drug-likeness (QED) is 0.755. The zero-order valence-corrected chi connectivity index (χ0v) is 10.8. The molecule has 0 aromatic heterocycles. The summed E-state index contributed by atoms with van der Waals surface area (Å²) in [5.74, 6) is 0. The lowest BCUT2D eigenvalue weighted by Gasteiger charge is -2.42. The zero-order valence-electron chi connectivity index (χ0n) is 10.8. The average Bonchev–Trinajstić information content (AvgIpc) is 2.26. The first-order valence-corrected chi connectivity index (χ1v) is 6.97. The van der Waals surface area contributed by atoms with Gasteiger partial charge in [-0.1, -0.05) is 6.42 Å². The molecule has 3 N–H and O–H groups in total. The third-order valence-corrected chi connectivity index (χ3v) is 4.30. The molecule has 2 fully saturated rings. The predicted octanol–water partition coefficient (Wildman–Crippen LogP) is 2.02. The van der Waals surface area contributed by atoms with E-state index in [1.54, 1.807) is 0 Å². The van der Waals surface area contributed by atoms with Crippen molar-refractivity contribution in [3.63, 3.8) is 0 Å². The van der Waals surface area contributed by atoms with Crippen LogP contribution in [0.25, 0.3) is 0 Å². The van der Waals surface area contributed by atoms with Crippen molar-refractivity contribution in [3.8, 4) is 0 Å². The van der Waals surface area contributed by atoms with E-state index in [-0.39, 0.29) is 0 Å². The van der Waals surface area contributed by atoms with Gasteiger partial charge in [0.25, 0.3) is 0 Å². The molecule has 0 amide bonds. The molecule has 0 bridgehead atoms. The molecule has 0 aromatic carbocycles. The van der Waals surface area contributed by atoms with Crippen LogP contribution in [-0.4, -0.2) is 29.2 Å². The van der Waals surface area contributed by atoms with E-state index >= 15 is 0 Å². The molecule has 2 aliphatic rings. The molecule has 94 valence electrons. The third-order valence-electron chi connectivity index (χ3n) is 4.30. The van der Waals surface area contributed by atoms with E-state index in [1.165, 1.54) is 44.9 Å². The van der Waals surface area contributed by atoms with E-state index in [1.807, 2.05) is 0 Å². The van der Waals surface area contributed by atoms with E-state index in [0.29, 0.717) is 24.2 Å². The summed E-state index contributed by atoms with van der Waals surface area (Å²) >= 11 is 0. The molecule has 1 aliphatic carbocycles. The molecule has 3 nitrogen and oxygen atoms in total. The summed E-state index contributed by atoms with van der Waals surface area (Å²) in [5.41, 5.74) is 9.70. The zero-order chi connectivity index (χ0) is 11.5. The normalized spacial score (nSPS) is 42.2. The van der Waals surface area contributed by atoms with Crippen LogP contribution in [-0.2, 0) is 0 Å². The number of nitrogens with one attached hydrogen (secondary N) is 1. The first-order valence-electron chi connectivity index (χ1n) is 6.97. The second-order valence-electron chi connectivity index (χ2n) is 5.78. The maximum absolute atomic E-state index is 5.94. The van der Waals surface area contributed by atoms with E-state index in [0.717, 1.165) is 0 Å². The molecule has 2 rings (SSSR count). The smallest absolute Gasteiger partial charge is 0.0218 e. The lowest BCUT2D eigenvalue weighted by molar-refractivity contribution is 0.0220. The summed E-state index contributed by atoms with van der Waals surface area (Å²) in [7, 11) is 0. The average molecular weight is 225 g/mol. The van der Waals surface area contributed by atoms with E-state index in [4.69, 9.17) is 5.73 Å². The van der Waals surface area contributed by atoms with Crippen LogP contribution >= 0.6 is 0 Å². The Balaban J connectivity index is 1.83. The Hall–Kier alpha value is -0.120. The molecule has 0 aromatic rings. The number of nitrogens with zero attached hydrogens (tertiary/aromatic N) is 1. The molecule has 1 saturated heterocycles. The van der Waals surface area contributed by atoms with Crippen LogP contribution in [0, 0.1) is 0 Å². The summed E-state index contributed by atoms with van der Waals surface area (Å²) in [6.07, 6.45) is 8.93. The number of piperidine rings is 1. The molecule has 0 spiro atoms. The minimum Gasteiger partial charge on any atom is -0.328 e. The minimum atomic E-state index is 0.453. The van der Waals surface area contributed by atoms with E-state index in [9.17, 15) is 0 Å². The van der Waals surface area contributed by atoms with Crippen molar-refractivity contribution in [2.45, 2.75) is 83.0 Å². The largest absolute Gasteiger partial charge is 0.328 e. The summed E-state index contributed by atoms with van der Waals surface area (Å²) in [6, 6.07) is 2.51. The number of hydrogen-bond donors (Lipinski definition) is 2. The van der Waals surface area contributed by atoms with E-state index < -0.39 is 0 Å². The Kier molecular flexibility index (Phi) is 4.22. The molecule has 0 radical (unpaired) electrons. The van der Waals surface area contributed by atoms with Gasteiger partial charge < -0.3 is 5.73 Å². The topological polar surface area (TPSA) is 41.3 Å². The number of hydrazine groups is 1. The molecular weight excluding hydrogens is 198 g/mol. The van der Waals surface area contributed by atoms with Gasteiger partial charge in [0.15, 0.2) is 0 Å². The van der Waals surface area contributed by atoms with Crippen molar-refractivity contribution >= 4 is 0 Å². The second-order valence-corrected chi connectivity index (χ2v) is 5.78. The predicted molar refractivity (Wildman–Crippen MR) is 68.0 cm³/mol. The summed E-state index contributed by atoms with van der Waals surface area (Å²) < 4.78 is 0. The first-order chi connectivity index (χ1) is 7.66. The fraction of sp³-hybridized carbons (Fsp3) is 1.00. The maximum Gasteiger partial charge on any atom is 0.0218 e. The molecule has 16 heavy (non-hydrogen) atoms. The van der Waals surface area contributed by atoms with Crippen molar-refractivity contribution in [2.75, 3.05) is 0 Å². The van der Waals surface area contributed by atoms with Crippen LogP contribution in [0.5, 0.6) is 0 Å². The van der Waals surface area contributed by atoms with E-state index in [2.05, 4.69) is 24.3 Å². The highest BCUT2D eigenvalue weighted by Gasteiger charge is 2.28. The summed E-state index contributed by atoms with van der Waals surface area (Å²) in [4.78, 5) is 0. The van der Waals surface area contributed by atoms with Crippen molar-refractivity contribution in [2.24, 2.45) is 5.73 Å². The van der Waals surface area contributed by atoms with Gasteiger partial charge in [0.2, 0.25) is 0 Å². The van der Waals surface area contributed by atoms with Crippen LogP contribution in [0.3, 0.4) is 0 Å². The molecule has 1 aliphatic heterocycles. The fourth-order valence-corrected chi connectivity index (χ4v) is 3.13. The number of nitrogens with two attached hydrogens (primary N) is 1. The highest BCUT2D eigenvalue weighted by Crippen LogP contribution is 2.23. The Morgan fingerprint density at radius 3 is 2.06 bits per heavy atom. The van der Waals surface area contributed by atoms with Crippen molar-refractivity contribution in [1.29, 1.82) is 0 Å². The Bertz CT molecular complexity index is 201. The van der Waals surface area contributed by atoms with Crippen LogP contribution in [0.1, 0.15) is 58.8 Å². The molecule has 1 heterocycles. The van der Waals surface area contributed by atoms with Gasteiger partial charge in [0, 0.05) is 24.2 Å². The standard InChI is InChI=1S/C13H27N3/c1-10-4-3-5-11(2)16(10)15-13-8-6-12(14)7-9-13/h10-13,15H,3-9,14H2,1-2H3. The number of hydrogen-bond acceptors (Lipinski definition) is 3. The lowest BCUT2D eigenvalue weighted by atomic mass is 9.92. The third kappa shape index (κ3) is 2.96. The van der Waals surface area contributed by atoms with Gasteiger partial charge in [-0.2, -0.15) is 0 Å². The van der Waals surface area contributed by atoms with Crippen molar-refractivity contribution in [1.82, 2.24) is 10.4 Å². The highest BCUT2D eigenvalue weighted by atomic mass is 15.5. The van der Waals surface area contributed by atoms with Crippen LogP contribution < -0.4 is 11.2 Å². The van der Waals surface area contributed by atoms with Gasteiger partial charge in [-0.05, 0) is 52.4 Å². The number of rotatable bonds is 2. The minimum absolute atomic E-state index is 0.453. The summed E-state index contributed by atoms with van der Waals surface area (Å²) in [5, 5.41) is 2.50. The highest BCUT2D eigenvalue weighted by molar-refractivity contribution is 4.82. The fourth-order valence-electron chi connectivity index (χ4n) is 3.13. The van der Waals surface area contributed by atoms with Crippen LogP contribution in [0.2, 0.25) is 0 Å². The second kappa shape index (κ2) is 5.48. The Morgan fingerprint density at radius 2 is 1.50 bits per heavy atom. The Labute approximate surface area is 99.7 Å². The lowest BCUT2D eigenvalue weighted by Crippen LogP contribution is -2.56. The molecule has 2 unspecified atom stereocenters. The SMILES string of the molecule is CC1CCCC(C)N1NC1CCC(N)CC1. The van der Waals surface area contributed by atoms with Gasteiger partial charge >= 0.3 is 0 Å². The molecular formula is C13H27N3. The monoisotopic (exact) mass is 225 g/mol. The van der Waals surface area contributed by atoms with Crippen molar-refractivity contribution in [3.05, 3.63) is 0 Å². The molecule has 2 atom stereocenters. The van der Waals surface area contributed by atoms with Gasteiger partial charge in [-0.3, -0.25) is 5.43 Å². The van der Waals surface area contributed by atoms with Gasteiger partial charge in [0.1, 0.15) is 0 Å². The van der Waals surface area contributed by atoms with Crippen molar-refractivity contribution < 1.29 is 0 Å². The van der Waals surface area contributed by atoms with Crippen LogP contribution in [0.4, 0.5) is 0 Å². The van der Waals surface area contributed by atoms with Gasteiger partial charge in [0.05, 0.1) is 0 Å². The Morgan fingerprint density at radius 1 is 0.938 bits per heavy atom. The van der Waals surface area contributed by atoms with Gasteiger partial charge in [-0.15, -0.1) is 0 Å². The summed E-state index contributed by atoms with van der Waals surface area (Å²) in [6.45, 7) is 4.69. The molecule has 1 saturated carbocycles.